The van der Waals surface area contributed by atoms with E-state index in [-0.39, 0.29) is 5.69 Å². The number of hydrogen-bond donors (Lipinski definition) is 1. The van der Waals surface area contributed by atoms with Crippen molar-refractivity contribution in [1.82, 2.24) is 9.38 Å². The largest absolute Gasteiger partial charge is 0.319 e. The highest BCUT2D eigenvalue weighted by Gasteiger charge is 2.12. The van der Waals surface area contributed by atoms with Crippen molar-refractivity contribution in [3.63, 3.8) is 0 Å². The molecule has 1 amide bonds. The summed E-state index contributed by atoms with van der Waals surface area (Å²) in [6.07, 6.45) is 2.72. The van der Waals surface area contributed by atoms with Crippen LogP contribution < -0.4 is 5.32 Å². The zero-order valence-corrected chi connectivity index (χ0v) is 10.9. The Bertz CT molecular complexity index is 800. The third kappa shape index (κ3) is 2.35. The lowest BCUT2D eigenvalue weighted by Gasteiger charge is -2.04. The van der Waals surface area contributed by atoms with Crippen LogP contribution in [0.2, 0.25) is 5.02 Å². The Kier molecular flexibility index (Phi) is 3.12. The molecule has 0 aliphatic rings. The van der Waals surface area contributed by atoms with Crippen LogP contribution in [0.1, 0.15) is 10.5 Å². The number of nitrogens with one attached hydrogen (secondary N) is 1. The molecule has 1 aromatic carbocycles. The van der Waals surface area contributed by atoms with Crippen molar-refractivity contribution in [1.29, 1.82) is 0 Å². The van der Waals surface area contributed by atoms with Gasteiger partial charge in [-0.15, -0.1) is 0 Å². The first kappa shape index (κ1) is 12.6. The molecule has 0 spiro atoms. The van der Waals surface area contributed by atoms with Gasteiger partial charge in [0.15, 0.2) is 0 Å². The predicted octanol–water partition coefficient (Wildman–Crippen LogP) is 3.38. The van der Waals surface area contributed by atoms with E-state index < -0.39 is 11.7 Å². The number of hydrogen-bond acceptors (Lipinski definition) is 2. The van der Waals surface area contributed by atoms with Crippen LogP contribution in [-0.4, -0.2) is 15.3 Å². The van der Waals surface area contributed by atoms with Crippen molar-refractivity contribution in [2.45, 2.75) is 0 Å². The Labute approximate surface area is 118 Å². The molecule has 0 atom stereocenters. The summed E-state index contributed by atoms with van der Waals surface area (Å²) in [6.45, 7) is 0. The summed E-state index contributed by atoms with van der Waals surface area (Å²) in [4.78, 5) is 16.2. The molecule has 0 aliphatic carbocycles. The van der Waals surface area contributed by atoms with Crippen LogP contribution in [-0.2, 0) is 0 Å². The summed E-state index contributed by atoms with van der Waals surface area (Å²) in [6, 6.07) is 9.69. The third-order valence-corrected chi connectivity index (χ3v) is 3.10. The van der Waals surface area contributed by atoms with Crippen LogP contribution in [0, 0.1) is 5.82 Å². The third-order valence-electron chi connectivity index (χ3n) is 2.77. The first-order valence-corrected chi connectivity index (χ1v) is 6.21. The van der Waals surface area contributed by atoms with Gasteiger partial charge in [-0.25, -0.2) is 9.37 Å². The van der Waals surface area contributed by atoms with E-state index in [9.17, 15) is 9.18 Å². The topological polar surface area (TPSA) is 46.4 Å². The predicted molar refractivity (Wildman–Crippen MR) is 74.6 cm³/mol. The molecule has 0 radical (unpaired) electrons. The summed E-state index contributed by atoms with van der Waals surface area (Å²) in [5, 5.41) is 3.10. The molecule has 0 aliphatic heterocycles. The maximum Gasteiger partial charge on any atom is 0.275 e. The Balaban J connectivity index is 1.91. The molecule has 0 unspecified atom stereocenters. The first-order valence-electron chi connectivity index (χ1n) is 5.83. The van der Waals surface area contributed by atoms with E-state index in [1.165, 1.54) is 28.9 Å². The average molecular weight is 290 g/mol. The van der Waals surface area contributed by atoms with Crippen LogP contribution in [0.25, 0.3) is 5.65 Å². The zero-order chi connectivity index (χ0) is 14.1. The molecule has 0 saturated carbocycles. The van der Waals surface area contributed by atoms with E-state index in [2.05, 4.69) is 10.3 Å². The maximum absolute atomic E-state index is 13.1. The molecular formula is C14H9ClFN3O. The highest BCUT2D eigenvalue weighted by molar-refractivity contribution is 6.33. The molecule has 6 heteroatoms. The van der Waals surface area contributed by atoms with Gasteiger partial charge in [0, 0.05) is 12.4 Å². The second-order valence-corrected chi connectivity index (χ2v) is 4.58. The Hall–Kier alpha value is -2.40. The lowest BCUT2D eigenvalue weighted by Crippen LogP contribution is -2.12. The Morgan fingerprint density at radius 3 is 2.80 bits per heavy atom. The second-order valence-electron chi connectivity index (χ2n) is 4.17. The average Bonchev–Trinajstić information content (AvgIpc) is 2.84. The second kappa shape index (κ2) is 4.94. The lowest BCUT2D eigenvalue weighted by atomic mass is 10.3. The number of anilines is 1. The van der Waals surface area contributed by atoms with Crippen LogP contribution in [0.4, 0.5) is 10.1 Å². The maximum atomic E-state index is 13.1. The van der Waals surface area contributed by atoms with E-state index in [4.69, 9.17) is 11.6 Å². The fraction of sp³-hybridized carbons (Fsp3) is 0. The summed E-state index contributed by atoms with van der Waals surface area (Å²) in [5.74, 6) is -0.796. The summed E-state index contributed by atoms with van der Waals surface area (Å²) < 4.78 is 14.5. The first-order chi connectivity index (χ1) is 9.63. The van der Waals surface area contributed by atoms with Crippen molar-refractivity contribution in [2.75, 3.05) is 5.32 Å². The normalized spacial score (nSPS) is 10.7. The summed E-state index contributed by atoms with van der Waals surface area (Å²) in [5.41, 5.74) is 1.19. The smallest absolute Gasteiger partial charge is 0.275 e. The molecule has 20 heavy (non-hydrogen) atoms. The van der Waals surface area contributed by atoms with Crippen molar-refractivity contribution >= 4 is 28.8 Å². The number of para-hydroxylation sites is 1. The number of pyridine rings is 1. The van der Waals surface area contributed by atoms with Crippen LogP contribution in [0.5, 0.6) is 0 Å². The molecule has 0 bridgehead atoms. The van der Waals surface area contributed by atoms with E-state index in [0.29, 0.717) is 16.4 Å². The standard InChI is InChI=1S/C14H9ClFN3O/c15-10-3-1-2-4-11(10)18-14(20)12-8-19-7-9(16)5-6-13(19)17-12/h1-8H,(H,18,20). The van der Waals surface area contributed by atoms with E-state index in [1.54, 1.807) is 24.3 Å². The number of fused-ring (bicyclic) bond motifs is 1. The number of imidazole rings is 1. The van der Waals surface area contributed by atoms with Gasteiger partial charge in [0.05, 0.1) is 10.7 Å². The number of halogens is 2. The molecule has 0 saturated heterocycles. The van der Waals surface area contributed by atoms with Crippen LogP contribution >= 0.6 is 11.6 Å². The number of carbonyl (C=O) groups excluding carboxylic acids is 1. The van der Waals surface area contributed by atoms with Gasteiger partial charge < -0.3 is 9.72 Å². The molecule has 0 fully saturated rings. The highest BCUT2D eigenvalue weighted by atomic mass is 35.5. The molecule has 2 heterocycles. The molecule has 4 nitrogen and oxygen atoms in total. The fourth-order valence-corrected chi connectivity index (χ4v) is 2.01. The van der Waals surface area contributed by atoms with Crippen molar-refractivity contribution in [3.05, 3.63) is 65.3 Å². The van der Waals surface area contributed by atoms with Gasteiger partial charge in [-0.3, -0.25) is 4.79 Å². The lowest BCUT2D eigenvalue weighted by molar-refractivity contribution is 0.102. The van der Waals surface area contributed by atoms with Gasteiger partial charge in [-0.05, 0) is 24.3 Å². The number of carbonyl (C=O) groups is 1. The van der Waals surface area contributed by atoms with E-state index in [1.807, 2.05) is 0 Å². The minimum Gasteiger partial charge on any atom is -0.319 e. The Morgan fingerprint density at radius 2 is 2.00 bits per heavy atom. The number of benzene rings is 1. The number of aromatic nitrogens is 2. The fourth-order valence-electron chi connectivity index (χ4n) is 1.82. The molecule has 3 aromatic rings. The Morgan fingerprint density at radius 1 is 1.20 bits per heavy atom. The molecule has 3 rings (SSSR count). The monoisotopic (exact) mass is 289 g/mol. The van der Waals surface area contributed by atoms with Gasteiger partial charge in [0.25, 0.3) is 5.91 Å². The van der Waals surface area contributed by atoms with Crippen molar-refractivity contribution < 1.29 is 9.18 Å². The van der Waals surface area contributed by atoms with Crippen LogP contribution in [0.3, 0.4) is 0 Å². The van der Waals surface area contributed by atoms with Crippen molar-refractivity contribution in [3.8, 4) is 0 Å². The van der Waals surface area contributed by atoms with Gasteiger partial charge in [-0.1, -0.05) is 23.7 Å². The van der Waals surface area contributed by atoms with Gasteiger partial charge in [-0.2, -0.15) is 0 Å². The molecule has 2 aromatic heterocycles. The van der Waals surface area contributed by atoms with Gasteiger partial charge >= 0.3 is 0 Å². The van der Waals surface area contributed by atoms with Crippen molar-refractivity contribution in [2.24, 2.45) is 0 Å². The minimum atomic E-state index is -0.401. The molecule has 1 N–H and O–H groups in total. The number of rotatable bonds is 2. The minimum absolute atomic E-state index is 0.190. The van der Waals surface area contributed by atoms with Gasteiger partial charge in [0.1, 0.15) is 17.2 Å². The zero-order valence-electron chi connectivity index (χ0n) is 10.2. The quantitative estimate of drug-likeness (QED) is 0.786. The highest BCUT2D eigenvalue weighted by Crippen LogP contribution is 2.21. The number of amides is 1. The summed E-state index contributed by atoms with van der Waals surface area (Å²) in [7, 11) is 0. The van der Waals surface area contributed by atoms with E-state index >= 15 is 0 Å². The van der Waals surface area contributed by atoms with Crippen LogP contribution in [0.15, 0.2) is 48.8 Å². The summed E-state index contributed by atoms with van der Waals surface area (Å²) >= 11 is 5.97. The van der Waals surface area contributed by atoms with Gasteiger partial charge in [0.2, 0.25) is 0 Å². The SMILES string of the molecule is O=C(Nc1ccccc1Cl)c1cn2cc(F)ccc2n1. The number of nitrogens with zero attached hydrogens (tertiary/aromatic N) is 2. The molecular weight excluding hydrogens is 281 g/mol. The van der Waals surface area contributed by atoms with E-state index in [0.717, 1.165) is 0 Å². The molecule has 100 valence electrons.